The van der Waals surface area contributed by atoms with Crippen molar-refractivity contribution < 1.29 is 4.42 Å². The first-order chi connectivity index (χ1) is 6.24. The summed E-state index contributed by atoms with van der Waals surface area (Å²) in [7, 11) is 0. The van der Waals surface area contributed by atoms with Crippen LogP contribution in [0.25, 0.3) is 0 Å². The predicted molar refractivity (Wildman–Crippen MR) is 62.0 cm³/mol. The standard InChI is InChI=1S/C10H16ClNO.ClH/c1-2-3-4-5-8(12)9-6-7-10(11)13-9;/h6-8H,2-5,12H2,1H3;1H/t8-;/m1./s1. The van der Waals surface area contributed by atoms with E-state index < -0.39 is 0 Å². The van der Waals surface area contributed by atoms with Crippen molar-refractivity contribution in [2.45, 2.75) is 38.6 Å². The van der Waals surface area contributed by atoms with Crippen LogP contribution in [0.5, 0.6) is 0 Å². The predicted octanol–water partition coefficient (Wildman–Crippen LogP) is 3.93. The Morgan fingerprint density at radius 3 is 2.64 bits per heavy atom. The van der Waals surface area contributed by atoms with Gasteiger partial charge >= 0.3 is 0 Å². The molecule has 2 N–H and O–H groups in total. The van der Waals surface area contributed by atoms with E-state index in [1.54, 1.807) is 6.07 Å². The Morgan fingerprint density at radius 2 is 2.14 bits per heavy atom. The molecule has 82 valence electrons. The molecule has 0 unspecified atom stereocenters. The molecular weight excluding hydrogens is 221 g/mol. The molecule has 0 aliphatic carbocycles. The van der Waals surface area contributed by atoms with Crippen molar-refractivity contribution in [3.63, 3.8) is 0 Å². The third-order valence-electron chi connectivity index (χ3n) is 2.08. The first kappa shape index (κ1) is 13.8. The fourth-order valence-electron chi connectivity index (χ4n) is 1.28. The van der Waals surface area contributed by atoms with Gasteiger partial charge in [-0.3, -0.25) is 0 Å². The topological polar surface area (TPSA) is 39.2 Å². The summed E-state index contributed by atoms with van der Waals surface area (Å²) >= 11 is 5.64. The van der Waals surface area contributed by atoms with Gasteiger partial charge in [0.25, 0.3) is 0 Å². The van der Waals surface area contributed by atoms with E-state index in [4.69, 9.17) is 21.8 Å². The molecule has 0 aliphatic heterocycles. The molecule has 1 aromatic rings. The summed E-state index contributed by atoms with van der Waals surface area (Å²) in [6.07, 6.45) is 4.56. The molecule has 0 fully saturated rings. The van der Waals surface area contributed by atoms with E-state index >= 15 is 0 Å². The summed E-state index contributed by atoms with van der Waals surface area (Å²) in [5.74, 6) is 0.793. The monoisotopic (exact) mass is 237 g/mol. The smallest absolute Gasteiger partial charge is 0.193 e. The molecule has 2 nitrogen and oxygen atoms in total. The molecule has 1 rings (SSSR count). The van der Waals surface area contributed by atoms with E-state index in [0.29, 0.717) is 5.22 Å². The van der Waals surface area contributed by atoms with E-state index in [-0.39, 0.29) is 18.4 Å². The van der Waals surface area contributed by atoms with Gasteiger partial charge in [0.2, 0.25) is 0 Å². The van der Waals surface area contributed by atoms with E-state index in [1.165, 1.54) is 12.8 Å². The zero-order chi connectivity index (χ0) is 9.68. The molecule has 1 atom stereocenters. The number of rotatable bonds is 5. The molecule has 4 heteroatoms. The Morgan fingerprint density at radius 1 is 1.43 bits per heavy atom. The summed E-state index contributed by atoms with van der Waals surface area (Å²) in [4.78, 5) is 0. The highest BCUT2D eigenvalue weighted by Gasteiger charge is 2.09. The number of halogens is 2. The molecule has 0 spiro atoms. The Labute approximate surface area is 96.2 Å². The number of furan rings is 1. The quantitative estimate of drug-likeness (QED) is 0.789. The second-order valence-electron chi connectivity index (χ2n) is 3.24. The second-order valence-corrected chi connectivity index (χ2v) is 3.62. The molecule has 0 saturated carbocycles. The van der Waals surface area contributed by atoms with Crippen molar-refractivity contribution >= 4 is 24.0 Å². The average molecular weight is 238 g/mol. The minimum Gasteiger partial charge on any atom is -0.448 e. The Balaban J connectivity index is 0.00000169. The maximum Gasteiger partial charge on any atom is 0.193 e. The van der Waals surface area contributed by atoms with Gasteiger partial charge in [0, 0.05) is 0 Å². The van der Waals surface area contributed by atoms with Crippen molar-refractivity contribution in [1.29, 1.82) is 0 Å². The molecule has 0 aromatic carbocycles. The van der Waals surface area contributed by atoms with E-state index in [9.17, 15) is 0 Å². The summed E-state index contributed by atoms with van der Waals surface area (Å²) < 4.78 is 5.22. The van der Waals surface area contributed by atoms with E-state index in [0.717, 1.165) is 18.6 Å². The molecule has 1 heterocycles. The van der Waals surface area contributed by atoms with Crippen LogP contribution in [0, 0.1) is 0 Å². The van der Waals surface area contributed by atoms with Crippen molar-refractivity contribution in [1.82, 2.24) is 0 Å². The van der Waals surface area contributed by atoms with Gasteiger partial charge in [-0.25, -0.2) is 0 Å². The van der Waals surface area contributed by atoms with Gasteiger partial charge < -0.3 is 10.2 Å². The lowest BCUT2D eigenvalue weighted by atomic mass is 10.1. The average Bonchev–Trinajstić information content (AvgIpc) is 2.52. The van der Waals surface area contributed by atoms with Crippen molar-refractivity contribution in [3.8, 4) is 0 Å². The zero-order valence-corrected chi connectivity index (χ0v) is 9.90. The molecule has 0 radical (unpaired) electrons. The lowest BCUT2D eigenvalue weighted by Crippen LogP contribution is -2.08. The maximum absolute atomic E-state index is 5.90. The van der Waals surface area contributed by atoms with Gasteiger partial charge in [0.1, 0.15) is 5.76 Å². The summed E-state index contributed by atoms with van der Waals surface area (Å²) in [6, 6.07) is 3.58. The normalized spacial score (nSPS) is 12.2. The van der Waals surface area contributed by atoms with Crippen LogP contribution in [0.4, 0.5) is 0 Å². The first-order valence-corrected chi connectivity index (χ1v) is 5.12. The lowest BCUT2D eigenvalue weighted by Gasteiger charge is -2.07. The van der Waals surface area contributed by atoms with Crippen molar-refractivity contribution in [2.24, 2.45) is 5.73 Å². The number of hydrogen-bond donors (Lipinski definition) is 1. The molecule has 0 aliphatic rings. The highest BCUT2D eigenvalue weighted by Crippen LogP contribution is 2.22. The Kier molecular flexibility index (Phi) is 7.06. The summed E-state index contributed by atoms with van der Waals surface area (Å²) in [5, 5.41) is 0.418. The number of unbranched alkanes of at least 4 members (excludes halogenated alkanes) is 2. The fraction of sp³-hybridized carbons (Fsp3) is 0.600. The third-order valence-corrected chi connectivity index (χ3v) is 2.28. The van der Waals surface area contributed by atoms with Gasteiger partial charge in [-0.2, -0.15) is 0 Å². The van der Waals surface area contributed by atoms with Gasteiger partial charge in [0.15, 0.2) is 5.22 Å². The van der Waals surface area contributed by atoms with Gasteiger partial charge in [0.05, 0.1) is 6.04 Å². The van der Waals surface area contributed by atoms with Crippen LogP contribution in [0.15, 0.2) is 16.5 Å². The molecule has 0 saturated heterocycles. The van der Waals surface area contributed by atoms with Crippen LogP contribution in [-0.4, -0.2) is 0 Å². The van der Waals surface area contributed by atoms with Crippen LogP contribution >= 0.6 is 24.0 Å². The van der Waals surface area contributed by atoms with Gasteiger partial charge in [-0.05, 0) is 30.2 Å². The highest BCUT2D eigenvalue weighted by atomic mass is 35.5. The maximum atomic E-state index is 5.90. The van der Waals surface area contributed by atoms with Crippen LogP contribution in [0.2, 0.25) is 5.22 Å². The fourth-order valence-corrected chi connectivity index (χ4v) is 1.44. The van der Waals surface area contributed by atoms with E-state index in [2.05, 4.69) is 6.92 Å². The largest absolute Gasteiger partial charge is 0.448 e. The van der Waals surface area contributed by atoms with Crippen molar-refractivity contribution in [3.05, 3.63) is 23.1 Å². The van der Waals surface area contributed by atoms with Crippen LogP contribution in [-0.2, 0) is 0 Å². The number of hydrogen-bond acceptors (Lipinski definition) is 2. The minimum absolute atomic E-state index is 0. The molecule has 0 amide bonds. The van der Waals surface area contributed by atoms with Crippen LogP contribution in [0.1, 0.15) is 44.4 Å². The van der Waals surface area contributed by atoms with Gasteiger partial charge in [-0.15, -0.1) is 12.4 Å². The SMILES string of the molecule is CCCCC[C@@H](N)c1ccc(Cl)o1.Cl. The highest BCUT2D eigenvalue weighted by molar-refractivity contribution is 6.28. The third kappa shape index (κ3) is 4.36. The molecule has 1 aromatic heterocycles. The molecule has 0 bridgehead atoms. The number of nitrogens with two attached hydrogens (primary N) is 1. The minimum atomic E-state index is -0.000880. The Hall–Kier alpha value is -0.180. The van der Waals surface area contributed by atoms with Crippen LogP contribution in [0.3, 0.4) is 0 Å². The second kappa shape index (κ2) is 7.16. The zero-order valence-electron chi connectivity index (χ0n) is 8.33. The van der Waals surface area contributed by atoms with Gasteiger partial charge in [-0.1, -0.05) is 26.2 Å². The molecule has 14 heavy (non-hydrogen) atoms. The summed E-state index contributed by atoms with van der Waals surface area (Å²) in [5.41, 5.74) is 5.90. The summed E-state index contributed by atoms with van der Waals surface area (Å²) in [6.45, 7) is 2.18. The molecular formula is C10H17Cl2NO. The Bertz CT molecular complexity index is 250. The van der Waals surface area contributed by atoms with Crippen LogP contribution < -0.4 is 5.73 Å². The lowest BCUT2D eigenvalue weighted by molar-refractivity contribution is 0.443. The first-order valence-electron chi connectivity index (χ1n) is 4.75. The van der Waals surface area contributed by atoms with E-state index in [1.807, 2.05) is 6.07 Å². The van der Waals surface area contributed by atoms with Crippen molar-refractivity contribution in [2.75, 3.05) is 0 Å².